The van der Waals surface area contributed by atoms with Gasteiger partial charge in [0.15, 0.2) is 0 Å². The second kappa shape index (κ2) is 13.7. The monoisotopic (exact) mass is 490 g/mol. The molecule has 0 spiro atoms. The van der Waals surface area contributed by atoms with Crippen LogP contribution in [-0.2, 0) is 32.1 Å². The summed E-state index contributed by atoms with van der Waals surface area (Å²) in [5, 5.41) is 15.2. The lowest BCUT2D eigenvalue weighted by molar-refractivity contribution is -0.145. The lowest BCUT2D eigenvalue weighted by Gasteiger charge is -2.18. The normalized spacial score (nSPS) is 12.2. The van der Waals surface area contributed by atoms with Gasteiger partial charge in [0.2, 0.25) is 5.91 Å². The summed E-state index contributed by atoms with van der Waals surface area (Å²) in [6, 6.07) is 25.8. The third-order valence-electron chi connectivity index (χ3n) is 5.44. The van der Waals surface area contributed by atoms with Crippen LogP contribution in [0.2, 0.25) is 0 Å². The molecule has 0 heterocycles. The molecule has 0 saturated heterocycles. The largest absolute Gasteiger partial charge is 0.467 e. The summed E-state index contributed by atoms with van der Waals surface area (Å²) in [6.07, 6.45) is -1.94. The maximum atomic E-state index is 12.4. The number of hydrogen-bond donors (Lipinski definition) is 3. The Morgan fingerprint density at radius 2 is 1.44 bits per heavy atom. The lowest BCUT2D eigenvalue weighted by atomic mass is 10.0. The minimum atomic E-state index is -1.15. The van der Waals surface area contributed by atoms with Crippen LogP contribution in [0.25, 0.3) is 11.1 Å². The Hall–Kier alpha value is -4.17. The average molecular weight is 491 g/mol. The van der Waals surface area contributed by atoms with Crippen LogP contribution < -0.4 is 10.6 Å². The first kappa shape index (κ1) is 26.4. The number of rotatable bonds is 11. The first-order chi connectivity index (χ1) is 17.4. The molecule has 3 N–H and O–H groups in total. The molecule has 2 atom stereocenters. The zero-order valence-electron chi connectivity index (χ0n) is 20.1. The third-order valence-corrected chi connectivity index (χ3v) is 5.44. The number of aliphatic hydroxyl groups is 1. The van der Waals surface area contributed by atoms with Gasteiger partial charge in [-0.05, 0) is 22.3 Å². The van der Waals surface area contributed by atoms with E-state index in [1.807, 2.05) is 84.9 Å². The molecule has 3 rings (SSSR count). The Balaban J connectivity index is 1.46. The number of alkyl carbamates (subject to hydrolysis) is 1. The van der Waals surface area contributed by atoms with Crippen molar-refractivity contribution < 1.29 is 29.0 Å². The number of methoxy groups -OCH3 is 1. The van der Waals surface area contributed by atoms with E-state index in [9.17, 15) is 19.5 Å². The van der Waals surface area contributed by atoms with Crippen molar-refractivity contribution in [3.05, 3.63) is 96.1 Å². The van der Waals surface area contributed by atoms with Crippen molar-refractivity contribution in [2.24, 2.45) is 0 Å². The fraction of sp³-hybridized carbons (Fsp3) is 0.250. The van der Waals surface area contributed by atoms with Crippen molar-refractivity contribution in [2.45, 2.75) is 31.6 Å². The van der Waals surface area contributed by atoms with Gasteiger partial charge < -0.3 is 25.2 Å². The van der Waals surface area contributed by atoms with Gasteiger partial charge in [-0.25, -0.2) is 9.59 Å². The second-order valence-electron chi connectivity index (χ2n) is 8.21. The first-order valence-corrected chi connectivity index (χ1v) is 11.6. The maximum Gasteiger partial charge on any atom is 0.407 e. The molecule has 3 aromatic rings. The van der Waals surface area contributed by atoms with E-state index in [1.54, 1.807) is 0 Å². The number of esters is 1. The number of nitrogens with one attached hydrogen (secondary N) is 2. The third kappa shape index (κ3) is 8.56. The van der Waals surface area contributed by atoms with E-state index in [2.05, 4.69) is 10.6 Å². The highest BCUT2D eigenvalue weighted by atomic mass is 16.5. The molecule has 0 fully saturated rings. The molecule has 8 nitrogen and oxygen atoms in total. The molecular weight excluding hydrogens is 460 g/mol. The minimum Gasteiger partial charge on any atom is -0.467 e. The molecule has 2 amide bonds. The summed E-state index contributed by atoms with van der Waals surface area (Å²) < 4.78 is 9.91. The fourth-order valence-corrected chi connectivity index (χ4v) is 3.55. The molecule has 0 aliphatic heterocycles. The lowest BCUT2D eigenvalue weighted by Crippen LogP contribution is -2.45. The Bertz CT molecular complexity index is 1120. The van der Waals surface area contributed by atoms with E-state index in [0.29, 0.717) is 0 Å². The topological polar surface area (TPSA) is 114 Å². The number of carbonyl (C=O) groups excluding carboxylic acids is 3. The van der Waals surface area contributed by atoms with Crippen molar-refractivity contribution >= 4 is 18.0 Å². The van der Waals surface area contributed by atoms with Gasteiger partial charge in [-0.1, -0.05) is 84.9 Å². The maximum absolute atomic E-state index is 12.4. The van der Waals surface area contributed by atoms with E-state index >= 15 is 0 Å². The predicted molar refractivity (Wildman–Crippen MR) is 135 cm³/mol. The van der Waals surface area contributed by atoms with Crippen LogP contribution in [0.4, 0.5) is 4.79 Å². The second-order valence-corrected chi connectivity index (χ2v) is 8.21. The average Bonchev–Trinajstić information content (AvgIpc) is 2.91. The van der Waals surface area contributed by atoms with Crippen LogP contribution in [-0.4, -0.2) is 48.9 Å². The number of benzene rings is 3. The number of ether oxygens (including phenoxy) is 2. The van der Waals surface area contributed by atoms with Crippen LogP contribution >= 0.6 is 0 Å². The van der Waals surface area contributed by atoms with Gasteiger partial charge in [0, 0.05) is 13.0 Å². The molecule has 0 aliphatic carbocycles. The van der Waals surface area contributed by atoms with E-state index in [4.69, 9.17) is 9.47 Å². The molecule has 8 heteroatoms. The van der Waals surface area contributed by atoms with Crippen LogP contribution in [0.5, 0.6) is 0 Å². The van der Waals surface area contributed by atoms with Gasteiger partial charge in [0.1, 0.15) is 12.6 Å². The molecule has 0 aliphatic rings. The molecule has 0 saturated carbocycles. The highest BCUT2D eigenvalue weighted by Crippen LogP contribution is 2.20. The van der Waals surface area contributed by atoms with Crippen molar-refractivity contribution in [2.75, 3.05) is 13.7 Å². The predicted octanol–water partition coefficient (Wildman–Crippen LogP) is 3.23. The highest BCUT2D eigenvalue weighted by molar-refractivity contribution is 5.85. The van der Waals surface area contributed by atoms with Gasteiger partial charge in [-0.3, -0.25) is 4.79 Å². The Morgan fingerprint density at radius 3 is 2.08 bits per heavy atom. The molecule has 0 unspecified atom stereocenters. The van der Waals surface area contributed by atoms with Crippen molar-refractivity contribution in [1.29, 1.82) is 0 Å². The summed E-state index contributed by atoms with van der Waals surface area (Å²) in [4.78, 5) is 36.5. The van der Waals surface area contributed by atoms with Gasteiger partial charge in [-0.15, -0.1) is 0 Å². The molecule has 188 valence electrons. The Morgan fingerprint density at radius 1 is 0.833 bits per heavy atom. The summed E-state index contributed by atoms with van der Waals surface area (Å²) in [7, 11) is 1.25. The molecule has 0 aromatic heterocycles. The summed E-state index contributed by atoms with van der Waals surface area (Å²) in [5.41, 5.74) is 3.79. The zero-order chi connectivity index (χ0) is 25.8. The standard InChI is InChI=1S/C28H30N2O6/c1-35-27(33)25(16-20-12-14-23(15-13-20)22-10-6-3-7-11-22)30-26(32)17-24(31)18-29-28(34)36-19-21-8-4-2-5-9-21/h2-15,24-25,31H,16-19H2,1H3,(H,29,34)(H,30,32)/t24-,25-/m0/s1. The van der Waals surface area contributed by atoms with Gasteiger partial charge in [0.25, 0.3) is 0 Å². The van der Waals surface area contributed by atoms with Crippen LogP contribution in [0.1, 0.15) is 17.5 Å². The molecule has 3 aromatic carbocycles. The van der Waals surface area contributed by atoms with Gasteiger partial charge >= 0.3 is 12.1 Å². The smallest absolute Gasteiger partial charge is 0.407 e. The fourth-order valence-electron chi connectivity index (χ4n) is 3.55. The molecule has 0 radical (unpaired) electrons. The number of carbonyl (C=O) groups is 3. The van der Waals surface area contributed by atoms with E-state index in [0.717, 1.165) is 22.3 Å². The summed E-state index contributed by atoms with van der Waals surface area (Å²) in [6.45, 7) is -0.0821. The summed E-state index contributed by atoms with van der Waals surface area (Å²) in [5.74, 6) is -1.13. The van der Waals surface area contributed by atoms with Crippen LogP contribution in [0, 0.1) is 0 Å². The van der Waals surface area contributed by atoms with Gasteiger partial charge in [0.05, 0.1) is 19.6 Å². The van der Waals surface area contributed by atoms with Gasteiger partial charge in [-0.2, -0.15) is 0 Å². The Kier molecular flexibility index (Phi) is 10.0. The number of aliphatic hydroxyl groups excluding tert-OH is 1. The van der Waals surface area contributed by atoms with Crippen molar-refractivity contribution in [1.82, 2.24) is 10.6 Å². The highest BCUT2D eigenvalue weighted by Gasteiger charge is 2.23. The molecule has 0 bridgehead atoms. The number of amides is 2. The minimum absolute atomic E-state index is 0.0936. The Labute approximate surface area is 210 Å². The quantitative estimate of drug-likeness (QED) is 0.356. The van der Waals surface area contributed by atoms with E-state index in [-0.39, 0.29) is 26.0 Å². The van der Waals surface area contributed by atoms with Crippen molar-refractivity contribution in [3.8, 4) is 11.1 Å². The van der Waals surface area contributed by atoms with Crippen LogP contribution in [0.3, 0.4) is 0 Å². The number of hydrogen-bond acceptors (Lipinski definition) is 6. The zero-order valence-corrected chi connectivity index (χ0v) is 20.1. The molecular formula is C28H30N2O6. The summed E-state index contributed by atoms with van der Waals surface area (Å²) >= 11 is 0. The van der Waals surface area contributed by atoms with E-state index < -0.39 is 30.1 Å². The molecule has 36 heavy (non-hydrogen) atoms. The van der Waals surface area contributed by atoms with Crippen LogP contribution in [0.15, 0.2) is 84.9 Å². The SMILES string of the molecule is COC(=O)[C@H](Cc1ccc(-c2ccccc2)cc1)NC(=O)C[C@H](O)CNC(=O)OCc1ccccc1. The van der Waals surface area contributed by atoms with E-state index in [1.165, 1.54) is 7.11 Å². The van der Waals surface area contributed by atoms with Crippen molar-refractivity contribution in [3.63, 3.8) is 0 Å². The first-order valence-electron chi connectivity index (χ1n) is 11.6.